The Morgan fingerprint density at radius 2 is 1.96 bits per heavy atom. The number of aryl methyl sites for hydroxylation is 1. The van der Waals surface area contributed by atoms with E-state index in [0.29, 0.717) is 5.92 Å². The largest absolute Gasteiger partial charge is 0.465 e. The predicted octanol–water partition coefficient (Wildman–Crippen LogP) is 6.61. The standard InChI is InChI=1S/C23H27NOS/c1-4-6-10-17-13-19(16(3)5-2)22-20(14-17)23(26-21(15-24)25-22)18-11-8-7-9-12-18/h7-9,11-14,16,21,23H,4-6,10H2,1-3H3. The van der Waals surface area contributed by atoms with E-state index in [9.17, 15) is 5.26 Å². The third-order valence-corrected chi connectivity index (χ3v) is 6.39. The first-order chi connectivity index (χ1) is 12.7. The van der Waals surface area contributed by atoms with E-state index in [1.54, 1.807) is 11.8 Å². The van der Waals surface area contributed by atoms with Gasteiger partial charge in [-0.1, -0.05) is 81.4 Å². The van der Waals surface area contributed by atoms with Gasteiger partial charge in [0.1, 0.15) is 11.8 Å². The molecule has 2 aromatic carbocycles. The number of unbranched alkanes of at least 4 members (excludes halogenated alkanes) is 1. The highest BCUT2D eigenvalue weighted by Gasteiger charge is 2.33. The van der Waals surface area contributed by atoms with Crippen LogP contribution < -0.4 is 4.74 Å². The van der Waals surface area contributed by atoms with E-state index in [4.69, 9.17) is 4.74 Å². The fraction of sp³-hybridized carbons (Fsp3) is 0.435. The Kier molecular flexibility index (Phi) is 6.27. The first-order valence-corrected chi connectivity index (χ1v) is 10.6. The van der Waals surface area contributed by atoms with Crippen molar-refractivity contribution < 1.29 is 4.74 Å². The highest BCUT2D eigenvalue weighted by Crippen LogP contribution is 2.50. The van der Waals surface area contributed by atoms with Gasteiger partial charge in [-0.25, -0.2) is 0 Å². The summed E-state index contributed by atoms with van der Waals surface area (Å²) < 4.78 is 6.15. The van der Waals surface area contributed by atoms with Gasteiger partial charge in [-0.3, -0.25) is 0 Å². The molecule has 2 aromatic rings. The molecule has 3 atom stereocenters. The molecule has 0 saturated heterocycles. The van der Waals surface area contributed by atoms with Gasteiger partial charge >= 0.3 is 0 Å². The number of nitrogens with zero attached hydrogens (tertiary/aromatic N) is 1. The van der Waals surface area contributed by atoms with Crippen LogP contribution >= 0.6 is 11.8 Å². The van der Waals surface area contributed by atoms with E-state index >= 15 is 0 Å². The molecule has 2 nitrogen and oxygen atoms in total. The third kappa shape index (κ3) is 3.91. The SMILES string of the molecule is CCCCc1cc(C(C)CC)c2c(c1)C(c1ccccc1)SC(C#N)O2. The molecule has 0 bridgehead atoms. The van der Waals surface area contributed by atoms with Crippen molar-refractivity contribution in [1.29, 1.82) is 5.26 Å². The maximum atomic E-state index is 9.54. The van der Waals surface area contributed by atoms with Gasteiger partial charge < -0.3 is 4.74 Å². The van der Waals surface area contributed by atoms with Crippen molar-refractivity contribution >= 4 is 11.8 Å². The molecule has 3 unspecified atom stereocenters. The van der Waals surface area contributed by atoms with Crippen LogP contribution in [0.15, 0.2) is 42.5 Å². The van der Waals surface area contributed by atoms with Crippen LogP contribution in [0.3, 0.4) is 0 Å². The molecular formula is C23H27NOS. The minimum Gasteiger partial charge on any atom is -0.465 e. The molecule has 136 valence electrons. The van der Waals surface area contributed by atoms with E-state index in [1.807, 2.05) is 6.07 Å². The van der Waals surface area contributed by atoms with Gasteiger partial charge in [-0.15, -0.1) is 0 Å². The van der Waals surface area contributed by atoms with Crippen molar-refractivity contribution in [2.24, 2.45) is 0 Å². The topological polar surface area (TPSA) is 33.0 Å². The lowest BCUT2D eigenvalue weighted by molar-refractivity contribution is 0.322. The Labute approximate surface area is 161 Å². The monoisotopic (exact) mass is 365 g/mol. The minimum absolute atomic E-state index is 0.147. The normalized spacial score (nSPS) is 19.9. The number of ether oxygens (including phenoxy) is 1. The van der Waals surface area contributed by atoms with Crippen molar-refractivity contribution in [3.8, 4) is 11.8 Å². The average molecular weight is 366 g/mol. The lowest BCUT2D eigenvalue weighted by Gasteiger charge is -2.32. The van der Waals surface area contributed by atoms with Gasteiger partial charge in [0.15, 0.2) is 0 Å². The molecule has 0 radical (unpaired) electrons. The maximum Gasteiger partial charge on any atom is 0.231 e. The molecule has 0 amide bonds. The van der Waals surface area contributed by atoms with Crippen LogP contribution in [0.1, 0.15) is 73.5 Å². The minimum atomic E-state index is -0.461. The highest BCUT2D eigenvalue weighted by atomic mass is 32.2. The van der Waals surface area contributed by atoms with Gasteiger partial charge in [0, 0.05) is 5.56 Å². The Hall–Kier alpha value is -1.92. The first-order valence-electron chi connectivity index (χ1n) is 9.61. The number of thioether (sulfide) groups is 1. The molecule has 3 heteroatoms. The number of hydrogen-bond donors (Lipinski definition) is 0. The Balaban J connectivity index is 2.14. The van der Waals surface area contributed by atoms with Crippen molar-refractivity contribution in [2.75, 3.05) is 0 Å². The quantitative estimate of drug-likeness (QED) is 0.577. The summed E-state index contributed by atoms with van der Waals surface area (Å²) in [5.74, 6) is 1.36. The Morgan fingerprint density at radius 3 is 2.62 bits per heavy atom. The summed E-state index contributed by atoms with van der Waals surface area (Å²) >= 11 is 1.60. The summed E-state index contributed by atoms with van der Waals surface area (Å²) in [6, 6.07) is 17.4. The van der Waals surface area contributed by atoms with E-state index in [-0.39, 0.29) is 5.25 Å². The van der Waals surface area contributed by atoms with E-state index in [1.165, 1.54) is 35.1 Å². The van der Waals surface area contributed by atoms with E-state index in [2.05, 4.69) is 63.2 Å². The zero-order valence-corrected chi connectivity index (χ0v) is 16.7. The Morgan fingerprint density at radius 1 is 1.19 bits per heavy atom. The predicted molar refractivity (Wildman–Crippen MR) is 110 cm³/mol. The molecule has 0 fully saturated rings. The molecule has 0 aromatic heterocycles. The summed E-state index contributed by atoms with van der Waals surface area (Å²) in [4.78, 5) is 0. The van der Waals surface area contributed by atoms with Gasteiger partial charge in [0.2, 0.25) is 5.44 Å². The van der Waals surface area contributed by atoms with Crippen molar-refractivity contribution in [3.05, 3.63) is 64.7 Å². The van der Waals surface area contributed by atoms with Crippen LogP contribution in [0, 0.1) is 11.3 Å². The van der Waals surface area contributed by atoms with Crippen LogP contribution in [0.25, 0.3) is 0 Å². The van der Waals surface area contributed by atoms with Gasteiger partial charge in [0.05, 0.1) is 5.25 Å². The van der Waals surface area contributed by atoms with E-state index in [0.717, 1.165) is 18.6 Å². The molecule has 0 aliphatic carbocycles. The number of fused-ring (bicyclic) bond motifs is 1. The highest BCUT2D eigenvalue weighted by molar-refractivity contribution is 8.00. The summed E-state index contributed by atoms with van der Waals surface area (Å²) in [7, 11) is 0. The molecule has 1 heterocycles. The van der Waals surface area contributed by atoms with E-state index < -0.39 is 5.44 Å². The number of nitriles is 1. The summed E-state index contributed by atoms with van der Waals surface area (Å²) in [6.07, 6.45) is 4.55. The maximum absolute atomic E-state index is 9.54. The molecule has 1 aliphatic rings. The zero-order chi connectivity index (χ0) is 18.5. The third-order valence-electron chi connectivity index (χ3n) is 5.14. The van der Waals surface area contributed by atoms with Crippen LogP contribution in [-0.2, 0) is 6.42 Å². The molecule has 3 rings (SSSR count). The lowest BCUT2D eigenvalue weighted by atomic mass is 9.89. The Bertz CT molecular complexity index is 781. The molecular weight excluding hydrogens is 338 g/mol. The van der Waals surface area contributed by atoms with Crippen LogP contribution in [0.4, 0.5) is 0 Å². The first kappa shape index (κ1) is 18.9. The molecule has 26 heavy (non-hydrogen) atoms. The smallest absolute Gasteiger partial charge is 0.231 e. The summed E-state index contributed by atoms with van der Waals surface area (Å²) in [6.45, 7) is 6.70. The average Bonchev–Trinajstić information content (AvgIpc) is 2.70. The van der Waals surface area contributed by atoms with Crippen LogP contribution in [-0.4, -0.2) is 5.44 Å². The fourth-order valence-electron chi connectivity index (χ4n) is 3.46. The molecule has 0 spiro atoms. The summed E-state index contributed by atoms with van der Waals surface area (Å²) in [5.41, 5.74) is 4.66. The molecule has 1 aliphatic heterocycles. The van der Waals surface area contributed by atoms with Crippen LogP contribution in [0.2, 0.25) is 0 Å². The van der Waals surface area contributed by atoms with Gasteiger partial charge in [-0.2, -0.15) is 5.26 Å². The number of rotatable bonds is 6. The lowest BCUT2D eigenvalue weighted by Crippen LogP contribution is -2.21. The van der Waals surface area contributed by atoms with Gasteiger partial charge in [-0.05, 0) is 41.9 Å². The zero-order valence-electron chi connectivity index (χ0n) is 15.9. The molecule has 0 saturated carbocycles. The number of hydrogen-bond acceptors (Lipinski definition) is 3. The number of benzene rings is 2. The summed E-state index contributed by atoms with van der Waals surface area (Å²) in [5, 5.41) is 9.69. The van der Waals surface area contributed by atoms with Crippen molar-refractivity contribution in [3.63, 3.8) is 0 Å². The van der Waals surface area contributed by atoms with Crippen molar-refractivity contribution in [1.82, 2.24) is 0 Å². The second-order valence-corrected chi connectivity index (χ2v) is 8.19. The van der Waals surface area contributed by atoms with Crippen molar-refractivity contribution in [2.45, 2.75) is 63.1 Å². The molecule has 0 N–H and O–H groups in total. The second-order valence-electron chi connectivity index (χ2n) is 7.02. The van der Waals surface area contributed by atoms with Crippen LogP contribution in [0.5, 0.6) is 5.75 Å². The second kappa shape index (κ2) is 8.64. The fourth-order valence-corrected chi connectivity index (χ4v) is 4.55. The van der Waals surface area contributed by atoms with Gasteiger partial charge in [0.25, 0.3) is 0 Å².